The van der Waals surface area contributed by atoms with Crippen LogP contribution in [0.5, 0.6) is 5.75 Å². The van der Waals surface area contributed by atoms with Crippen LogP contribution in [0.2, 0.25) is 0 Å². The van der Waals surface area contributed by atoms with Gasteiger partial charge in [-0.25, -0.2) is 0 Å². The van der Waals surface area contributed by atoms with Crippen molar-refractivity contribution in [2.24, 2.45) is 11.7 Å². The Balaban J connectivity index is 2.61. The summed E-state index contributed by atoms with van der Waals surface area (Å²) in [5.41, 5.74) is 6.91. The predicted octanol–water partition coefficient (Wildman–Crippen LogP) is 2.12. The highest BCUT2D eigenvalue weighted by Gasteiger charge is 2.08. The molecular formula is C13H22N2O. The highest BCUT2D eigenvalue weighted by atomic mass is 16.5. The first-order chi connectivity index (χ1) is 7.71. The fourth-order valence-electron chi connectivity index (χ4n) is 1.70. The molecule has 1 aromatic carbocycles. The Bertz CT molecular complexity index is 293. The zero-order chi connectivity index (χ0) is 12.0. The molecule has 16 heavy (non-hydrogen) atoms. The van der Waals surface area contributed by atoms with E-state index in [9.17, 15) is 0 Å². The highest BCUT2D eigenvalue weighted by Crippen LogP contribution is 2.19. The van der Waals surface area contributed by atoms with Gasteiger partial charge in [-0.2, -0.15) is 0 Å². The Labute approximate surface area is 98.2 Å². The number of ether oxygens (including phenoxy) is 1. The van der Waals surface area contributed by atoms with E-state index in [1.807, 2.05) is 12.1 Å². The van der Waals surface area contributed by atoms with Gasteiger partial charge in [0, 0.05) is 19.3 Å². The van der Waals surface area contributed by atoms with E-state index in [0.29, 0.717) is 5.92 Å². The first-order valence-corrected chi connectivity index (χ1v) is 5.76. The molecule has 2 N–H and O–H groups in total. The number of nitrogens with two attached hydrogens (primary N) is 1. The zero-order valence-electron chi connectivity index (χ0n) is 10.4. The van der Waals surface area contributed by atoms with Gasteiger partial charge in [-0.1, -0.05) is 13.3 Å². The average molecular weight is 222 g/mol. The topological polar surface area (TPSA) is 38.5 Å². The molecule has 0 aliphatic heterocycles. The lowest BCUT2D eigenvalue weighted by Crippen LogP contribution is -2.29. The van der Waals surface area contributed by atoms with Crippen LogP contribution in [-0.4, -0.2) is 27.2 Å². The summed E-state index contributed by atoms with van der Waals surface area (Å²) in [6.07, 6.45) is 1.12. The second kappa shape index (κ2) is 6.38. The van der Waals surface area contributed by atoms with E-state index in [4.69, 9.17) is 10.5 Å². The molecule has 1 rings (SSSR count). The summed E-state index contributed by atoms with van der Waals surface area (Å²) in [5, 5.41) is 0. The third kappa shape index (κ3) is 3.42. The molecule has 3 nitrogen and oxygen atoms in total. The maximum atomic E-state index is 5.71. The van der Waals surface area contributed by atoms with Crippen LogP contribution in [0.4, 0.5) is 5.69 Å². The molecule has 1 aromatic rings. The normalized spacial score (nSPS) is 12.2. The minimum Gasteiger partial charge on any atom is -0.497 e. The van der Waals surface area contributed by atoms with Gasteiger partial charge in [0.05, 0.1) is 7.11 Å². The van der Waals surface area contributed by atoms with E-state index >= 15 is 0 Å². The maximum absolute atomic E-state index is 5.71. The molecule has 0 fully saturated rings. The minimum absolute atomic E-state index is 0.562. The van der Waals surface area contributed by atoms with Gasteiger partial charge < -0.3 is 15.4 Å². The second-order valence-electron chi connectivity index (χ2n) is 4.09. The number of methoxy groups -OCH3 is 1. The van der Waals surface area contributed by atoms with Gasteiger partial charge in [0.2, 0.25) is 0 Å². The van der Waals surface area contributed by atoms with Crippen LogP contribution in [0.1, 0.15) is 13.3 Å². The Hall–Kier alpha value is -1.22. The lowest BCUT2D eigenvalue weighted by molar-refractivity contribution is 0.415. The zero-order valence-corrected chi connectivity index (χ0v) is 10.4. The van der Waals surface area contributed by atoms with Crippen molar-refractivity contribution in [3.63, 3.8) is 0 Å². The number of hydrogen-bond donors (Lipinski definition) is 1. The molecular weight excluding hydrogens is 200 g/mol. The maximum Gasteiger partial charge on any atom is 0.119 e. The van der Waals surface area contributed by atoms with Crippen LogP contribution in [0.3, 0.4) is 0 Å². The van der Waals surface area contributed by atoms with Crippen molar-refractivity contribution >= 4 is 5.69 Å². The van der Waals surface area contributed by atoms with E-state index in [-0.39, 0.29) is 0 Å². The molecule has 90 valence electrons. The molecule has 0 aliphatic carbocycles. The van der Waals surface area contributed by atoms with Crippen molar-refractivity contribution in [3.8, 4) is 5.75 Å². The predicted molar refractivity (Wildman–Crippen MR) is 69.1 cm³/mol. The smallest absolute Gasteiger partial charge is 0.119 e. The highest BCUT2D eigenvalue weighted by molar-refractivity contribution is 5.48. The molecule has 0 saturated carbocycles. The van der Waals surface area contributed by atoms with Gasteiger partial charge in [0.1, 0.15) is 5.75 Å². The van der Waals surface area contributed by atoms with Crippen LogP contribution in [0.25, 0.3) is 0 Å². The third-order valence-corrected chi connectivity index (χ3v) is 2.96. The molecule has 3 heteroatoms. The van der Waals surface area contributed by atoms with E-state index < -0.39 is 0 Å². The number of hydrogen-bond acceptors (Lipinski definition) is 3. The van der Waals surface area contributed by atoms with Crippen LogP contribution in [0, 0.1) is 5.92 Å². The first kappa shape index (κ1) is 12.8. The first-order valence-electron chi connectivity index (χ1n) is 5.76. The molecule has 0 bridgehead atoms. The summed E-state index contributed by atoms with van der Waals surface area (Å²) < 4.78 is 5.13. The van der Waals surface area contributed by atoms with Crippen LogP contribution >= 0.6 is 0 Å². The third-order valence-electron chi connectivity index (χ3n) is 2.96. The standard InChI is InChI=1S/C13H22N2O/c1-4-11(9-14)10-15(2)12-5-7-13(16-3)8-6-12/h5-8,11H,4,9-10,14H2,1-3H3. The van der Waals surface area contributed by atoms with Crippen molar-refractivity contribution in [2.45, 2.75) is 13.3 Å². The summed E-state index contributed by atoms with van der Waals surface area (Å²) in [6, 6.07) is 8.11. The van der Waals surface area contributed by atoms with Crippen molar-refractivity contribution in [1.29, 1.82) is 0 Å². The summed E-state index contributed by atoms with van der Waals surface area (Å²) >= 11 is 0. The molecule has 0 spiro atoms. The van der Waals surface area contributed by atoms with Gasteiger partial charge in [-0.05, 0) is 36.7 Å². The van der Waals surface area contributed by atoms with Crippen molar-refractivity contribution in [2.75, 3.05) is 32.1 Å². The molecule has 0 amide bonds. The van der Waals surface area contributed by atoms with Gasteiger partial charge in [-0.3, -0.25) is 0 Å². The number of benzene rings is 1. The van der Waals surface area contributed by atoms with Crippen LogP contribution in [-0.2, 0) is 0 Å². The minimum atomic E-state index is 0.562. The lowest BCUT2D eigenvalue weighted by atomic mass is 10.1. The van der Waals surface area contributed by atoms with Gasteiger partial charge in [0.25, 0.3) is 0 Å². The quantitative estimate of drug-likeness (QED) is 0.801. The molecule has 0 radical (unpaired) electrons. The Morgan fingerprint density at radius 1 is 1.31 bits per heavy atom. The summed E-state index contributed by atoms with van der Waals surface area (Å²) in [7, 11) is 3.78. The molecule has 1 unspecified atom stereocenters. The van der Waals surface area contributed by atoms with Crippen molar-refractivity contribution < 1.29 is 4.74 Å². The van der Waals surface area contributed by atoms with E-state index in [1.165, 1.54) is 5.69 Å². The van der Waals surface area contributed by atoms with Crippen molar-refractivity contribution in [1.82, 2.24) is 0 Å². The van der Waals surface area contributed by atoms with Gasteiger partial charge in [-0.15, -0.1) is 0 Å². The van der Waals surface area contributed by atoms with Crippen LogP contribution in [0.15, 0.2) is 24.3 Å². The lowest BCUT2D eigenvalue weighted by Gasteiger charge is -2.24. The SMILES string of the molecule is CCC(CN)CN(C)c1ccc(OC)cc1. The Kier molecular flexibility index (Phi) is 5.12. The molecule has 1 atom stereocenters. The van der Waals surface area contributed by atoms with Crippen LogP contribution < -0.4 is 15.4 Å². The average Bonchev–Trinajstić information content (AvgIpc) is 2.35. The van der Waals surface area contributed by atoms with Gasteiger partial charge in [0.15, 0.2) is 0 Å². The van der Waals surface area contributed by atoms with Gasteiger partial charge >= 0.3 is 0 Å². The molecule has 0 aromatic heterocycles. The van der Waals surface area contributed by atoms with Crippen molar-refractivity contribution in [3.05, 3.63) is 24.3 Å². The number of rotatable bonds is 6. The second-order valence-corrected chi connectivity index (χ2v) is 4.09. The summed E-state index contributed by atoms with van der Waals surface area (Å²) in [5.74, 6) is 1.45. The molecule has 0 heterocycles. The Morgan fingerprint density at radius 2 is 1.94 bits per heavy atom. The fourth-order valence-corrected chi connectivity index (χ4v) is 1.70. The van der Waals surface area contributed by atoms with E-state index in [1.54, 1.807) is 7.11 Å². The number of anilines is 1. The largest absolute Gasteiger partial charge is 0.497 e. The molecule has 0 aliphatic rings. The monoisotopic (exact) mass is 222 g/mol. The Morgan fingerprint density at radius 3 is 2.38 bits per heavy atom. The van der Waals surface area contributed by atoms with E-state index in [0.717, 1.165) is 25.3 Å². The number of nitrogens with zero attached hydrogens (tertiary/aromatic N) is 1. The van der Waals surface area contributed by atoms with E-state index in [2.05, 4.69) is 31.0 Å². The molecule has 0 saturated heterocycles. The fraction of sp³-hybridized carbons (Fsp3) is 0.538. The summed E-state index contributed by atoms with van der Waals surface area (Å²) in [6.45, 7) is 3.93. The summed E-state index contributed by atoms with van der Waals surface area (Å²) in [4.78, 5) is 2.24.